The Bertz CT molecular complexity index is 546. The normalized spacial score (nSPS) is 21.4. The van der Waals surface area contributed by atoms with Crippen LogP contribution >= 0.6 is 11.3 Å². The van der Waals surface area contributed by atoms with Gasteiger partial charge in [0.25, 0.3) is 0 Å². The van der Waals surface area contributed by atoms with Crippen LogP contribution in [0.5, 0.6) is 0 Å². The van der Waals surface area contributed by atoms with Gasteiger partial charge in [0.05, 0.1) is 6.54 Å². The molecule has 1 fully saturated rings. The number of carbonyl (C=O) groups is 2. The lowest BCUT2D eigenvalue weighted by Crippen LogP contribution is -2.45. The van der Waals surface area contributed by atoms with E-state index in [0.717, 1.165) is 0 Å². The maximum Gasteiger partial charge on any atom is 0.315 e. The molecule has 1 saturated heterocycles. The Labute approximate surface area is 135 Å². The van der Waals surface area contributed by atoms with E-state index >= 15 is 0 Å². The number of aryl methyl sites for hydroxylation is 2. The lowest BCUT2D eigenvalue weighted by atomic mass is 10.1. The number of nitrogens with one attached hydrogen (secondary N) is 2. The Morgan fingerprint density at radius 1 is 1.36 bits per heavy atom. The Morgan fingerprint density at radius 2 is 2.18 bits per heavy atom. The zero-order chi connectivity index (χ0) is 15.5. The molecule has 1 aromatic rings. The van der Waals surface area contributed by atoms with Gasteiger partial charge in [0, 0.05) is 23.3 Å². The average molecular weight is 321 g/mol. The van der Waals surface area contributed by atoms with Gasteiger partial charge in [0.1, 0.15) is 6.04 Å². The number of likely N-dealkylation sites (tertiary alicyclic amines) is 1. The summed E-state index contributed by atoms with van der Waals surface area (Å²) in [5.74, 6) is -0.00186. The maximum atomic E-state index is 11.9. The summed E-state index contributed by atoms with van der Waals surface area (Å²) >= 11 is 1.82. The summed E-state index contributed by atoms with van der Waals surface area (Å²) in [4.78, 5) is 28.0. The molecule has 2 N–H and O–H groups in total. The molecule has 2 aliphatic rings. The molecular formula is C16H23N3O2S. The zero-order valence-corrected chi connectivity index (χ0v) is 13.8. The van der Waals surface area contributed by atoms with Crippen molar-refractivity contribution in [2.45, 2.75) is 51.1 Å². The van der Waals surface area contributed by atoms with E-state index in [1.165, 1.54) is 47.4 Å². The van der Waals surface area contributed by atoms with E-state index in [4.69, 9.17) is 0 Å². The van der Waals surface area contributed by atoms with Crippen molar-refractivity contribution < 1.29 is 9.59 Å². The number of rotatable bonds is 3. The van der Waals surface area contributed by atoms with Gasteiger partial charge in [0.2, 0.25) is 5.91 Å². The minimum atomic E-state index is -0.370. The lowest BCUT2D eigenvalue weighted by molar-refractivity contribution is -0.128. The lowest BCUT2D eigenvalue weighted by Gasteiger charge is -2.12. The number of nitrogens with zero attached hydrogens (tertiary/aromatic N) is 1. The first kappa shape index (κ1) is 15.3. The quantitative estimate of drug-likeness (QED) is 0.837. The van der Waals surface area contributed by atoms with E-state index in [1.54, 1.807) is 11.9 Å². The molecule has 1 atom stereocenters. The molecule has 3 rings (SSSR count). The van der Waals surface area contributed by atoms with E-state index in [9.17, 15) is 9.59 Å². The molecule has 2 heterocycles. The van der Waals surface area contributed by atoms with E-state index in [0.29, 0.717) is 19.5 Å². The molecule has 5 nitrogen and oxygen atoms in total. The standard InChI is InChI=1S/C16H23N3O2S/c1-19-8-7-13(15(19)20)18-16(21)17-10-12-9-11-5-3-2-4-6-14(11)22-12/h9,13H,2-8,10H2,1H3,(H2,17,18,21). The number of amides is 3. The predicted molar refractivity (Wildman–Crippen MR) is 87.0 cm³/mol. The zero-order valence-electron chi connectivity index (χ0n) is 13.0. The van der Waals surface area contributed by atoms with Gasteiger partial charge < -0.3 is 15.5 Å². The smallest absolute Gasteiger partial charge is 0.315 e. The molecule has 120 valence electrons. The summed E-state index contributed by atoms with van der Waals surface area (Å²) in [6, 6.07) is 1.61. The van der Waals surface area contributed by atoms with Gasteiger partial charge in [0.15, 0.2) is 0 Å². The molecule has 1 aromatic heterocycles. The number of thiophene rings is 1. The number of fused-ring (bicyclic) bond motifs is 1. The molecule has 0 bridgehead atoms. The van der Waals surface area contributed by atoms with Crippen LogP contribution in [-0.4, -0.2) is 36.5 Å². The molecule has 1 aliphatic heterocycles. The summed E-state index contributed by atoms with van der Waals surface area (Å²) in [6.07, 6.45) is 6.90. The second-order valence-corrected chi connectivity index (χ2v) is 7.37. The topological polar surface area (TPSA) is 61.4 Å². The van der Waals surface area contributed by atoms with Crippen molar-refractivity contribution in [3.05, 3.63) is 21.4 Å². The Hall–Kier alpha value is -1.56. The van der Waals surface area contributed by atoms with Crippen LogP contribution in [0.4, 0.5) is 4.79 Å². The molecule has 1 aliphatic carbocycles. The minimum absolute atomic E-state index is 0.00186. The highest BCUT2D eigenvalue weighted by molar-refractivity contribution is 7.12. The molecule has 6 heteroatoms. The van der Waals surface area contributed by atoms with E-state index in [-0.39, 0.29) is 18.0 Å². The third-order valence-corrected chi connectivity index (χ3v) is 5.69. The fourth-order valence-corrected chi connectivity index (χ4v) is 4.35. The Balaban J connectivity index is 1.50. The second kappa shape index (κ2) is 6.69. The first-order chi connectivity index (χ1) is 10.6. The number of hydrogen-bond acceptors (Lipinski definition) is 3. The van der Waals surface area contributed by atoms with Crippen LogP contribution in [0.15, 0.2) is 6.07 Å². The largest absolute Gasteiger partial charge is 0.344 e. The molecule has 0 spiro atoms. The van der Waals surface area contributed by atoms with Crippen LogP contribution in [0.25, 0.3) is 0 Å². The first-order valence-electron chi connectivity index (χ1n) is 8.03. The molecule has 3 amide bonds. The molecule has 1 unspecified atom stereocenters. The van der Waals surface area contributed by atoms with Gasteiger partial charge >= 0.3 is 6.03 Å². The van der Waals surface area contributed by atoms with Gasteiger partial charge in [-0.25, -0.2) is 4.79 Å². The van der Waals surface area contributed by atoms with Crippen LogP contribution < -0.4 is 10.6 Å². The SMILES string of the molecule is CN1CCC(NC(=O)NCc2cc3c(s2)CCCCC3)C1=O. The monoisotopic (exact) mass is 321 g/mol. The molecular weight excluding hydrogens is 298 g/mol. The third kappa shape index (κ3) is 3.43. The molecule has 0 aromatic carbocycles. The fourth-order valence-electron chi connectivity index (χ4n) is 3.15. The minimum Gasteiger partial charge on any atom is -0.344 e. The van der Waals surface area contributed by atoms with Crippen molar-refractivity contribution in [3.8, 4) is 0 Å². The Kier molecular flexibility index (Phi) is 4.66. The maximum absolute atomic E-state index is 11.9. The highest BCUT2D eigenvalue weighted by atomic mass is 32.1. The van der Waals surface area contributed by atoms with Crippen molar-refractivity contribution in [2.75, 3.05) is 13.6 Å². The summed E-state index contributed by atoms with van der Waals surface area (Å²) < 4.78 is 0. The summed E-state index contributed by atoms with van der Waals surface area (Å²) in [6.45, 7) is 1.25. The Morgan fingerprint density at radius 3 is 2.95 bits per heavy atom. The third-order valence-electron chi connectivity index (χ3n) is 4.45. The van der Waals surface area contributed by atoms with Crippen LogP contribution in [0.3, 0.4) is 0 Å². The van der Waals surface area contributed by atoms with Crippen LogP contribution in [0.2, 0.25) is 0 Å². The van der Waals surface area contributed by atoms with E-state index < -0.39 is 0 Å². The van der Waals surface area contributed by atoms with Crippen LogP contribution in [-0.2, 0) is 24.2 Å². The molecule has 0 saturated carbocycles. The highest BCUT2D eigenvalue weighted by Crippen LogP contribution is 2.28. The predicted octanol–water partition coefficient (Wildman–Crippen LogP) is 2.05. The van der Waals surface area contributed by atoms with Gasteiger partial charge in [-0.3, -0.25) is 4.79 Å². The van der Waals surface area contributed by atoms with Crippen LogP contribution in [0.1, 0.15) is 41.0 Å². The van der Waals surface area contributed by atoms with Crippen LogP contribution in [0, 0.1) is 0 Å². The van der Waals surface area contributed by atoms with E-state index in [1.807, 2.05) is 11.3 Å². The van der Waals surface area contributed by atoms with Gasteiger partial charge in [-0.15, -0.1) is 11.3 Å². The number of hydrogen-bond donors (Lipinski definition) is 2. The first-order valence-corrected chi connectivity index (χ1v) is 8.85. The average Bonchev–Trinajstić information content (AvgIpc) is 2.95. The van der Waals surface area contributed by atoms with Gasteiger partial charge in [-0.05, 0) is 43.7 Å². The second-order valence-electron chi connectivity index (χ2n) is 6.15. The van der Waals surface area contributed by atoms with Crippen molar-refractivity contribution in [1.29, 1.82) is 0 Å². The fraction of sp³-hybridized carbons (Fsp3) is 0.625. The number of likely N-dealkylation sites (N-methyl/N-ethyl adjacent to an activating group) is 1. The van der Waals surface area contributed by atoms with Gasteiger partial charge in [-0.2, -0.15) is 0 Å². The summed E-state index contributed by atoms with van der Waals surface area (Å²) in [5, 5.41) is 5.64. The van der Waals surface area contributed by atoms with Crippen molar-refractivity contribution >= 4 is 23.3 Å². The van der Waals surface area contributed by atoms with Crippen molar-refractivity contribution in [1.82, 2.24) is 15.5 Å². The molecule has 0 radical (unpaired) electrons. The summed E-state index contributed by atoms with van der Waals surface area (Å²) in [7, 11) is 1.76. The van der Waals surface area contributed by atoms with Crippen molar-refractivity contribution in [2.24, 2.45) is 0 Å². The van der Waals surface area contributed by atoms with Gasteiger partial charge in [-0.1, -0.05) is 6.42 Å². The highest BCUT2D eigenvalue weighted by Gasteiger charge is 2.30. The van der Waals surface area contributed by atoms with Crippen molar-refractivity contribution in [3.63, 3.8) is 0 Å². The molecule has 22 heavy (non-hydrogen) atoms. The van der Waals surface area contributed by atoms with E-state index in [2.05, 4.69) is 16.7 Å². The number of carbonyl (C=O) groups excluding carboxylic acids is 2. The summed E-state index contributed by atoms with van der Waals surface area (Å²) in [5.41, 5.74) is 1.47. The number of urea groups is 1.